The molecule has 4 aromatic carbocycles. The van der Waals surface area contributed by atoms with Gasteiger partial charge in [0.15, 0.2) is 0 Å². The number of pyridine rings is 1. The van der Waals surface area contributed by atoms with Gasteiger partial charge in [-0.15, -0.1) is 17.7 Å². The van der Waals surface area contributed by atoms with Crippen LogP contribution in [0.4, 0.5) is 0 Å². The van der Waals surface area contributed by atoms with Crippen LogP contribution in [0.15, 0.2) is 89.5 Å². The van der Waals surface area contributed by atoms with E-state index >= 15 is 0 Å². The van der Waals surface area contributed by atoms with Gasteiger partial charge in [0.05, 0.1) is 27.7 Å². The van der Waals surface area contributed by atoms with Gasteiger partial charge in [0.1, 0.15) is 17.2 Å². The molecule has 0 fully saturated rings. The van der Waals surface area contributed by atoms with Crippen molar-refractivity contribution in [3.8, 4) is 39.5 Å². The fraction of sp³-hybridized carbons (Fsp3) is 0.250. The summed E-state index contributed by atoms with van der Waals surface area (Å²) < 4.78 is 8.78. The van der Waals surface area contributed by atoms with E-state index in [9.17, 15) is 5.11 Å². The van der Waals surface area contributed by atoms with Gasteiger partial charge in [0, 0.05) is 43.8 Å². The fourth-order valence-corrected chi connectivity index (χ4v) is 7.03. The van der Waals surface area contributed by atoms with Gasteiger partial charge in [-0.1, -0.05) is 100 Å². The van der Waals surface area contributed by atoms with Crippen molar-refractivity contribution in [1.82, 2.24) is 14.5 Å². The third-order valence-corrected chi connectivity index (χ3v) is 10.3. The fourth-order valence-electron chi connectivity index (χ4n) is 7.03. The zero-order valence-electron chi connectivity index (χ0n) is 27.1. The van der Waals surface area contributed by atoms with Crippen LogP contribution in [-0.4, -0.2) is 19.6 Å². The number of furan rings is 1. The Bertz CT molecular complexity index is 2320. The molecule has 6 heteroatoms. The number of phenolic OH excluding ortho intramolecular Hbond substituents is 1. The maximum absolute atomic E-state index is 11.2. The van der Waals surface area contributed by atoms with Gasteiger partial charge in [-0.2, -0.15) is 0 Å². The zero-order valence-corrected chi connectivity index (χ0v) is 29.4. The van der Waals surface area contributed by atoms with Crippen molar-refractivity contribution in [2.75, 3.05) is 0 Å². The van der Waals surface area contributed by atoms with E-state index < -0.39 is 0 Å². The van der Waals surface area contributed by atoms with Gasteiger partial charge in [-0.25, -0.2) is 4.98 Å². The molecule has 1 N–H and O–H groups in total. The van der Waals surface area contributed by atoms with Crippen LogP contribution in [0.1, 0.15) is 59.6 Å². The Labute approximate surface area is 283 Å². The molecule has 0 amide bonds. The van der Waals surface area contributed by atoms with Crippen LogP contribution in [0.25, 0.3) is 66.7 Å². The number of hydrogen-bond acceptors (Lipinski definition) is 4. The summed E-state index contributed by atoms with van der Waals surface area (Å²) in [5, 5.41) is 13.2. The second-order valence-electron chi connectivity index (χ2n) is 14.4. The number of hydrogen-bond donors (Lipinski definition) is 1. The van der Waals surface area contributed by atoms with Gasteiger partial charge >= 0.3 is 0 Å². The first-order valence-electron chi connectivity index (χ1n) is 15.6. The van der Waals surface area contributed by atoms with Gasteiger partial charge in [0.2, 0.25) is 0 Å². The summed E-state index contributed by atoms with van der Waals surface area (Å²) in [5.41, 5.74) is 9.50. The Hall–Kier alpha value is -4.21. The van der Waals surface area contributed by atoms with Crippen LogP contribution in [0, 0.1) is 6.07 Å². The minimum atomic E-state index is -0.325. The number of benzene rings is 4. The molecule has 1 aliphatic rings. The molecule has 0 unspecified atom stereocenters. The van der Waals surface area contributed by atoms with Crippen molar-refractivity contribution < 1.29 is 30.6 Å². The summed E-state index contributed by atoms with van der Waals surface area (Å²) in [6, 6.07) is 30.4. The standard InChI is InChI=1S/C40H36N3O2.Pt/c1-38(2,3)24-18-19-30(41-22-24)28-21-23(20-27-26-12-8-9-17-33(26)45-36(27)28)25-13-10-15-31-35(25)42-37-34-29(14-11-16-32(34)44)39(4,5)40(6,7)43(31)37;/h8-20,22,44H,1-7H3;/q-1;. The van der Waals surface area contributed by atoms with Crippen LogP contribution in [0.3, 0.4) is 0 Å². The smallest absolute Gasteiger partial charge is 0.144 e. The van der Waals surface area contributed by atoms with Crippen LogP contribution in [-0.2, 0) is 37.4 Å². The maximum Gasteiger partial charge on any atom is 0.144 e. The molecule has 0 atom stereocenters. The predicted octanol–water partition coefficient (Wildman–Crippen LogP) is 10.2. The van der Waals surface area contributed by atoms with Crippen molar-refractivity contribution in [2.24, 2.45) is 0 Å². The molecule has 8 rings (SSSR count). The molecule has 4 heterocycles. The first kappa shape index (κ1) is 30.4. The zero-order chi connectivity index (χ0) is 31.5. The molecule has 0 saturated heterocycles. The molecule has 3 aromatic heterocycles. The number of nitrogens with zero attached hydrogens (tertiary/aromatic N) is 3. The van der Waals surface area contributed by atoms with Gasteiger partial charge in [-0.3, -0.25) is 4.98 Å². The summed E-state index contributed by atoms with van der Waals surface area (Å²) in [6.07, 6.45) is 1.96. The van der Waals surface area contributed by atoms with E-state index in [4.69, 9.17) is 14.4 Å². The summed E-state index contributed by atoms with van der Waals surface area (Å²) in [4.78, 5) is 10.2. The second kappa shape index (κ2) is 10.1. The first-order valence-corrected chi connectivity index (χ1v) is 15.6. The SMILES string of the molecule is CC(C)(C)c1ccc(-c2[c-]c(-c3cccc4c3nc3n4C(C)(C)C(C)(C)c4cccc(O)c4-3)cc3c2oc2ccccc23)nc1.[Pt]. The number of imidazole rings is 1. The monoisotopic (exact) mass is 785 g/mol. The van der Waals surface area contributed by atoms with Gasteiger partial charge in [0.25, 0.3) is 0 Å². The van der Waals surface area contributed by atoms with Gasteiger partial charge in [-0.05, 0) is 54.0 Å². The molecule has 5 nitrogen and oxygen atoms in total. The average Bonchev–Trinajstić information content (AvgIpc) is 3.59. The molecule has 0 spiro atoms. The Kier molecular flexibility index (Phi) is 6.71. The number of rotatable bonds is 2. The normalized spacial score (nSPS) is 15.1. The van der Waals surface area contributed by atoms with Crippen molar-refractivity contribution in [1.29, 1.82) is 0 Å². The van der Waals surface area contributed by atoms with E-state index in [0.717, 1.165) is 72.3 Å². The summed E-state index contributed by atoms with van der Waals surface area (Å²) >= 11 is 0. The van der Waals surface area contributed by atoms with E-state index in [1.807, 2.05) is 30.5 Å². The average molecular weight is 786 g/mol. The minimum absolute atomic E-state index is 0. The molecule has 7 aromatic rings. The summed E-state index contributed by atoms with van der Waals surface area (Å²) in [5.74, 6) is 1.03. The molecule has 0 saturated carbocycles. The van der Waals surface area contributed by atoms with E-state index in [-0.39, 0.29) is 43.2 Å². The number of para-hydroxylation sites is 2. The summed E-state index contributed by atoms with van der Waals surface area (Å²) in [6.45, 7) is 15.6. The number of aromatic hydroxyl groups is 1. The molecule has 0 radical (unpaired) electrons. The molecule has 0 aliphatic carbocycles. The molecule has 46 heavy (non-hydrogen) atoms. The molecular weight excluding hydrogens is 750 g/mol. The third kappa shape index (κ3) is 4.17. The van der Waals surface area contributed by atoms with E-state index in [1.54, 1.807) is 6.07 Å². The van der Waals surface area contributed by atoms with Crippen molar-refractivity contribution in [2.45, 2.75) is 64.8 Å². The Morgan fingerprint density at radius 3 is 2.37 bits per heavy atom. The third-order valence-electron chi connectivity index (χ3n) is 10.3. The molecule has 0 bridgehead atoms. The van der Waals surface area contributed by atoms with Gasteiger partial charge < -0.3 is 14.1 Å². The van der Waals surface area contributed by atoms with Crippen molar-refractivity contribution in [3.63, 3.8) is 0 Å². The second-order valence-corrected chi connectivity index (χ2v) is 14.4. The number of fused-ring (bicyclic) bond motifs is 8. The first-order chi connectivity index (χ1) is 21.4. The van der Waals surface area contributed by atoms with E-state index in [0.29, 0.717) is 0 Å². The minimum Gasteiger partial charge on any atom is -0.507 e. The van der Waals surface area contributed by atoms with Crippen molar-refractivity contribution >= 4 is 33.0 Å². The Morgan fingerprint density at radius 2 is 1.63 bits per heavy atom. The van der Waals surface area contributed by atoms with Crippen molar-refractivity contribution in [3.05, 3.63) is 102 Å². The molecular formula is C40H36N3O2Pt-. The van der Waals surface area contributed by atoms with Crippen LogP contribution < -0.4 is 0 Å². The van der Waals surface area contributed by atoms with Crippen LogP contribution >= 0.6 is 0 Å². The Balaban J connectivity index is 0.00000338. The summed E-state index contributed by atoms with van der Waals surface area (Å²) in [7, 11) is 0. The van der Waals surface area contributed by atoms with Crippen LogP contribution in [0.5, 0.6) is 5.75 Å². The predicted molar refractivity (Wildman–Crippen MR) is 183 cm³/mol. The van der Waals surface area contributed by atoms with E-state index in [2.05, 4.69) is 108 Å². The number of phenols is 1. The van der Waals surface area contributed by atoms with E-state index in [1.165, 1.54) is 5.56 Å². The number of aromatic nitrogens is 3. The quantitative estimate of drug-likeness (QED) is 0.177. The maximum atomic E-state index is 11.2. The Morgan fingerprint density at radius 1 is 0.870 bits per heavy atom. The molecule has 234 valence electrons. The largest absolute Gasteiger partial charge is 0.507 e. The van der Waals surface area contributed by atoms with Crippen LogP contribution in [0.2, 0.25) is 0 Å². The topological polar surface area (TPSA) is 64.1 Å². The molecule has 1 aliphatic heterocycles.